The zero-order chi connectivity index (χ0) is 13.5. The fourth-order valence-corrected chi connectivity index (χ4v) is 1.78. The predicted molar refractivity (Wildman–Crippen MR) is 71.7 cm³/mol. The highest BCUT2D eigenvalue weighted by molar-refractivity contribution is 5.32. The fraction of sp³-hybridized carbons (Fsp3) is 0.308. The molecule has 0 amide bonds. The van der Waals surface area contributed by atoms with Crippen LogP contribution in [0.4, 0.5) is 5.69 Å². The number of rotatable bonds is 7. The van der Waals surface area contributed by atoms with Crippen LogP contribution in [0.15, 0.2) is 36.7 Å². The molecule has 0 saturated carbocycles. The van der Waals surface area contributed by atoms with Crippen molar-refractivity contribution in [1.82, 2.24) is 15.3 Å². The first-order valence-electron chi connectivity index (χ1n) is 6.18. The third-order valence-corrected chi connectivity index (χ3v) is 2.80. The van der Waals surface area contributed by atoms with Crippen molar-refractivity contribution in [3.05, 3.63) is 58.2 Å². The Kier molecular flexibility index (Phi) is 4.63. The molecule has 0 aliphatic rings. The van der Waals surface area contributed by atoms with Crippen LogP contribution in [0.2, 0.25) is 0 Å². The maximum Gasteiger partial charge on any atom is 0.269 e. The first-order valence-corrected chi connectivity index (χ1v) is 6.18. The number of non-ortho nitro benzene ring substituents is 1. The molecule has 0 radical (unpaired) electrons. The highest BCUT2D eigenvalue weighted by Gasteiger charge is 2.03. The first kappa shape index (κ1) is 13.2. The van der Waals surface area contributed by atoms with Gasteiger partial charge in [-0.15, -0.1) is 0 Å². The average Bonchev–Trinajstić information content (AvgIpc) is 2.92. The molecule has 0 aliphatic heterocycles. The molecule has 0 aliphatic carbocycles. The summed E-state index contributed by atoms with van der Waals surface area (Å²) in [7, 11) is 0. The van der Waals surface area contributed by atoms with E-state index in [1.807, 2.05) is 6.20 Å². The number of nitro groups is 1. The Hall–Kier alpha value is -2.21. The largest absolute Gasteiger partial charge is 0.349 e. The van der Waals surface area contributed by atoms with Crippen molar-refractivity contribution in [3.63, 3.8) is 0 Å². The van der Waals surface area contributed by atoms with Gasteiger partial charge in [0, 0.05) is 37.5 Å². The number of aryl methyl sites for hydroxylation is 1. The van der Waals surface area contributed by atoms with Crippen molar-refractivity contribution in [2.24, 2.45) is 0 Å². The highest BCUT2D eigenvalue weighted by Crippen LogP contribution is 2.11. The van der Waals surface area contributed by atoms with E-state index in [-0.39, 0.29) is 10.6 Å². The normalized spacial score (nSPS) is 10.5. The van der Waals surface area contributed by atoms with Crippen LogP contribution in [0.3, 0.4) is 0 Å². The number of aromatic nitrogens is 2. The molecule has 1 aromatic carbocycles. The summed E-state index contributed by atoms with van der Waals surface area (Å²) in [5, 5.41) is 13.8. The Morgan fingerprint density at radius 2 is 2.11 bits per heavy atom. The van der Waals surface area contributed by atoms with Crippen LogP contribution in [0.5, 0.6) is 0 Å². The lowest BCUT2D eigenvalue weighted by Crippen LogP contribution is -2.15. The minimum atomic E-state index is -0.388. The molecule has 6 nitrogen and oxygen atoms in total. The van der Waals surface area contributed by atoms with Crippen molar-refractivity contribution < 1.29 is 4.92 Å². The fourth-order valence-electron chi connectivity index (χ4n) is 1.78. The zero-order valence-corrected chi connectivity index (χ0v) is 10.5. The molecule has 2 N–H and O–H groups in total. The SMILES string of the molecule is O=[N+]([O-])c1ccc(CNCCCc2ncc[nH]2)cc1. The molecule has 6 heteroatoms. The van der Waals surface area contributed by atoms with Gasteiger partial charge >= 0.3 is 0 Å². The van der Waals surface area contributed by atoms with Crippen LogP contribution in [-0.2, 0) is 13.0 Å². The molecule has 19 heavy (non-hydrogen) atoms. The second-order valence-corrected chi connectivity index (χ2v) is 4.24. The Bertz CT molecular complexity index is 508. The molecule has 1 heterocycles. The van der Waals surface area contributed by atoms with Gasteiger partial charge in [0.25, 0.3) is 5.69 Å². The van der Waals surface area contributed by atoms with E-state index in [0.29, 0.717) is 0 Å². The second kappa shape index (κ2) is 6.65. The summed E-state index contributed by atoms with van der Waals surface area (Å²) in [6, 6.07) is 6.61. The zero-order valence-electron chi connectivity index (χ0n) is 10.5. The smallest absolute Gasteiger partial charge is 0.269 e. The van der Waals surface area contributed by atoms with Crippen molar-refractivity contribution in [1.29, 1.82) is 0 Å². The molecule has 0 atom stereocenters. The van der Waals surface area contributed by atoms with Crippen LogP contribution in [0.25, 0.3) is 0 Å². The van der Waals surface area contributed by atoms with E-state index in [1.54, 1.807) is 18.3 Å². The van der Waals surface area contributed by atoms with Crippen LogP contribution < -0.4 is 5.32 Å². The van der Waals surface area contributed by atoms with E-state index in [9.17, 15) is 10.1 Å². The number of benzene rings is 1. The van der Waals surface area contributed by atoms with E-state index in [2.05, 4.69) is 15.3 Å². The number of hydrogen-bond donors (Lipinski definition) is 2. The molecule has 0 bridgehead atoms. The molecule has 0 spiro atoms. The Labute approximate surface area is 111 Å². The molecular weight excluding hydrogens is 244 g/mol. The molecule has 2 aromatic rings. The molecular formula is C13H16N4O2. The topological polar surface area (TPSA) is 83.8 Å². The van der Waals surface area contributed by atoms with Gasteiger partial charge in [-0.3, -0.25) is 10.1 Å². The van der Waals surface area contributed by atoms with Gasteiger partial charge in [0.05, 0.1) is 4.92 Å². The quantitative estimate of drug-likeness (QED) is 0.453. The first-order chi connectivity index (χ1) is 9.25. The molecule has 0 fully saturated rings. The van der Waals surface area contributed by atoms with Gasteiger partial charge in [-0.25, -0.2) is 4.98 Å². The molecule has 100 valence electrons. The van der Waals surface area contributed by atoms with Gasteiger partial charge < -0.3 is 10.3 Å². The van der Waals surface area contributed by atoms with Crippen LogP contribution in [0.1, 0.15) is 17.8 Å². The summed E-state index contributed by atoms with van der Waals surface area (Å²) in [5.41, 5.74) is 1.17. The Morgan fingerprint density at radius 3 is 2.74 bits per heavy atom. The van der Waals surface area contributed by atoms with E-state index < -0.39 is 0 Å². The lowest BCUT2D eigenvalue weighted by atomic mass is 10.2. The summed E-state index contributed by atoms with van der Waals surface area (Å²) in [6.45, 7) is 1.60. The summed E-state index contributed by atoms with van der Waals surface area (Å²) >= 11 is 0. The summed E-state index contributed by atoms with van der Waals surface area (Å²) in [6.07, 6.45) is 5.49. The number of H-pyrrole nitrogens is 1. The number of nitrogens with zero attached hydrogens (tertiary/aromatic N) is 2. The van der Waals surface area contributed by atoms with Crippen LogP contribution >= 0.6 is 0 Å². The minimum Gasteiger partial charge on any atom is -0.349 e. The Morgan fingerprint density at radius 1 is 1.32 bits per heavy atom. The molecule has 1 aromatic heterocycles. The van der Waals surface area contributed by atoms with Crippen molar-refractivity contribution in [2.75, 3.05) is 6.54 Å². The van der Waals surface area contributed by atoms with Crippen molar-refractivity contribution >= 4 is 5.69 Å². The third-order valence-electron chi connectivity index (χ3n) is 2.80. The van der Waals surface area contributed by atoms with Gasteiger partial charge in [-0.1, -0.05) is 12.1 Å². The number of nitrogens with one attached hydrogen (secondary N) is 2. The van der Waals surface area contributed by atoms with E-state index in [0.717, 1.165) is 37.3 Å². The monoisotopic (exact) mass is 260 g/mol. The molecule has 0 unspecified atom stereocenters. The maximum atomic E-state index is 10.5. The predicted octanol–water partition coefficient (Wildman–Crippen LogP) is 2.04. The van der Waals surface area contributed by atoms with E-state index >= 15 is 0 Å². The summed E-state index contributed by atoms with van der Waals surface area (Å²) < 4.78 is 0. The average molecular weight is 260 g/mol. The van der Waals surface area contributed by atoms with Gasteiger partial charge in [0.15, 0.2) is 0 Å². The third kappa shape index (κ3) is 4.18. The lowest BCUT2D eigenvalue weighted by molar-refractivity contribution is -0.384. The van der Waals surface area contributed by atoms with Crippen molar-refractivity contribution in [3.8, 4) is 0 Å². The number of hydrogen-bond acceptors (Lipinski definition) is 4. The van der Waals surface area contributed by atoms with Gasteiger partial charge in [0.1, 0.15) is 5.82 Å². The number of imidazole rings is 1. The summed E-state index contributed by atoms with van der Waals surface area (Å²) in [5.74, 6) is 0.997. The van der Waals surface area contributed by atoms with Gasteiger partial charge in [-0.2, -0.15) is 0 Å². The standard InChI is InChI=1S/C13H16N4O2/c18-17(19)12-5-3-11(4-6-12)10-14-7-1-2-13-15-8-9-16-13/h3-6,8-9,14H,1-2,7,10H2,(H,15,16). The van der Waals surface area contributed by atoms with Gasteiger partial charge in [-0.05, 0) is 18.5 Å². The minimum absolute atomic E-state index is 0.126. The maximum absolute atomic E-state index is 10.5. The molecule has 0 saturated heterocycles. The molecule has 2 rings (SSSR count). The second-order valence-electron chi connectivity index (χ2n) is 4.24. The lowest BCUT2D eigenvalue weighted by Gasteiger charge is -2.04. The van der Waals surface area contributed by atoms with E-state index in [1.165, 1.54) is 12.1 Å². The Balaban J connectivity index is 1.66. The number of nitro benzene ring substituents is 1. The van der Waals surface area contributed by atoms with Gasteiger partial charge in [0.2, 0.25) is 0 Å². The van der Waals surface area contributed by atoms with Crippen LogP contribution in [0, 0.1) is 10.1 Å². The van der Waals surface area contributed by atoms with E-state index in [4.69, 9.17) is 0 Å². The van der Waals surface area contributed by atoms with Crippen molar-refractivity contribution in [2.45, 2.75) is 19.4 Å². The highest BCUT2D eigenvalue weighted by atomic mass is 16.6. The van der Waals surface area contributed by atoms with Crippen LogP contribution in [-0.4, -0.2) is 21.4 Å². The summed E-state index contributed by atoms with van der Waals surface area (Å²) in [4.78, 5) is 17.3. The number of aromatic amines is 1.